The Morgan fingerprint density at radius 2 is 2.12 bits per heavy atom. The van der Waals surface area contributed by atoms with Gasteiger partial charge in [-0.3, -0.25) is 0 Å². The van der Waals surface area contributed by atoms with Crippen molar-refractivity contribution < 1.29 is 0 Å². The second-order valence-corrected chi connectivity index (χ2v) is 5.04. The van der Waals surface area contributed by atoms with Gasteiger partial charge in [-0.25, -0.2) is 9.97 Å². The highest BCUT2D eigenvalue weighted by atomic mass is 15.0. The Hall–Kier alpha value is -1.32. The van der Waals surface area contributed by atoms with Crippen LogP contribution in [0.25, 0.3) is 0 Å². The van der Waals surface area contributed by atoms with Gasteiger partial charge in [-0.15, -0.1) is 0 Å². The fraction of sp³-hybridized carbons (Fsp3) is 0.692. The van der Waals surface area contributed by atoms with E-state index < -0.39 is 0 Å². The molecule has 0 saturated heterocycles. The van der Waals surface area contributed by atoms with Crippen LogP contribution in [0, 0.1) is 5.41 Å². The van der Waals surface area contributed by atoms with Crippen LogP contribution in [0.5, 0.6) is 0 Å². The van der Waals surface area contributed by atoms with Crippen LogP contribution in [-0.2, 0) is 6.42 Å². The van der Waals surface area contributed by atoms with Crippen LogP contribution in [0.2, 0.25) is 0 Å². The minimum Gasteiger partial charge on any atom is -0.383 e. The van der Waals surface area contributed by atoms with Gasteiger partial charge in [0.15, 0.2) is 0 Å². The number of rotatable bonds is 6. The van der Waals surface area contributed by atoms with Crippen molar-refractivity contribution in [2.75, 3.05) is 17.6 Å². The molecule has 1 saturated carbocycles. The molecule has 1 aliphatic rings. The lowest BCUT2D eigenvalue weighted by Gasteiger charge is -2.17. The van der Waals surface area contributed by atoms with Gasteiger partial charge in [-0.05, 0) is 31.1 Å². The fourth-order valence-electron chi connectivity index (χ4n) is 2.42. The molecule has 1 heterocycles. The summed E-state index contributed by atoms with van der Waals surface area (Å²) in [7, 11) is 0. The fourth-order valence-corrected chi connectivity index (χ4v) is 2.42. The predicted molar refractivity (Wildman–Crippen MR) is 70.9 cm³/mol. The van der Waals surface area contributed by atoms with E-state index >= 15 is 0 Å². The van der Waals surface area contributed by atoms with E-state index in [2.05, 4.69) is 29.1 Å². The molecule has 0 amide bonds. The largest absolute Gasteiger partial charge is 0.383 e. The molecule has 0 radical (unpaired) electrons. The molecular formula is C13H22N4. The van der Waals surface area contributed by atoms with E-state index in [0.717, 1.165) is 24.3 Å². The summed E-state index contributed by atoms with van der Waals surface area (Å²) in [6, 6.07) is 0. The van der Waals surface area contributed by atoms with Crippen LogP contribution in [0.3, 0.4) is 0 Å². The summed E-state index contributed by atoms with van der Waals surface area (Å²) in [6.45, 7) is 5.35. The van der Waals surface area contributed by atoms with Crippen molar-refractivity contribution in [1.29, 1.82) is 0 Å². The molecule has 0 atom stereocenters. The molecule has 0 unspecified atom stereocenters. The molecule has 1 fully saturated rings. The molecule has 4 heteroatoms. The van der Waals surface area contributed by atoms with Crippen LogP contribution in [-0.4, -0.2) is 16.5 Å². The molecule has 1 aromatic rings. The molecule has 4 nitrogen and oxygen atoms in total. The van der Waals surface area contributed by atoms with Crippen LogP contribution < -0.4 is 11.1 Å². The van der Waals surface area contributed by atoms with Crippen LogP contribution in [0.15, 0.2) is 6.33 Å². The van der Waals surface area contributed by atoms with E-state index in [4.69, 9.17) is 5.73 Å². The van der Waals surface area contributed by atoms with E-state index in [-0.39, 0.29) is 0 Å². The van der Waals surface area contributed by atoms with Gasteiger partial charge in [0, 0.05) is 12.1 Å². The Kier molecular flexibility index (Phi) is 3.50. The van der Waals surface area contributed by atoms with Gasteiger partial charge < -0.3 is 11.1 Å². The average molecular weight is 234 g/mol. The number of hydrogen-bond acceptors (Lipinski definition) is 4. The SMILES string of the molecule is CCCC1(CNc2ncnc(N)c2CC)CC1. The van der Waals surface area contributed by atoms with Crippen molar-refractivity contribution in [3.05, 3.63) is 11.9 Å². The standard InChI is InChI=1S/C13H22N4/c1-3-5-13(6-7-13)8-15-12-10(4-2)11(14)16-9-17-12/h9H,3-8H2,1-2H3,(H3,14,15,16,17). The summed E-state index contributed by atoms with van der Waals surface area (Å²) in [6.07, 6.45) is 7.66. The summed E-state index contributed by atoms with van der Waals surface area (Å²) in [5.41, 5.74) is 7.42. The zero-order chi connectivity index (χ0) is 12.3. The third-order valence-corrected chi connectivity index (χ3v) is 3.70. The Bertz CT molecular complexity index is 385. The van der Waals surface area contributed by atoms with E-state index in [9.17, 15) is 0 Å². The number of nitrogens with two attached hydrogens (primary N) is 1. The lowest BCUT2D eigenvalue weighted by molar-refractivity contribution is 0.485. The van der Waals surface area contributed by atoms with Crippen molar-refractivity contribution in [2.24, 2.45) is 5.41 Å². The maximum atomic E-state index is 5.85. The summed E-state index contributed by atoms with van der Waals surface area (Å²) in [4.78, 5) is 8.33. The third-order valence-electron chi connectivity index (χ3n) is 3.70. The van der Waals surface area contributed by atoms with Crippen molar-refractivity contribution >= 4 is 11.6 Å². The highest BCUT2D eigenvalue weighted by Gasteiger charge is 2.41. The lowest BCUT2D eigenvalue weighted by atomic mass is 10.0. The lowest BCUT2D eigenvalue weighted by Crippen LogP contribution is -2.17. The van der Waals surface area contributed by atoms with E-state index in [1.807, 2.05) is 0 Å². The molecule has 3 N–H and O–H groups in total. The molecule has 94 valence electrons. The van der Waals surface area contributed by atoms with Gasteiger partial charge in [0.25, 0.3) is 0 Å². The predicted octanol–water partition coefficient (Wildman–Crippen LogP) is 2.61. The molecule has 1 aliphatic carbocycles. The van der Waals surface area contributed by atoms with E-state index in [1.165, 1.54) is 32.0 Å². The van der Waals surface area contributed by atoms with Crippen LogP contribution >= 0.6 is 0 Å². The van der Waals surface area contributed by atoms with Gasteiger partial charge in [0.05, 0.1) is 0 Å². The smallest absolute Gasteiger partial charge is 0.134 e. The van der Waals surface area contributed by atoms with Crippen molar-refractivity contribution in [1.82, 2.24) is 9.97 Å². The zero-order valence-corrected chi connectivity index (χ0v) is 10.8. The minimum atomic E-state index is 0.527. The second kappa shape index (κ2) is 4.90. The van der Waals surface area contributed by atoms with Crippen molar-refractivity contribution in [3.63, 3.8) is 0 Å². The van der Waals surface area contributed by atoms with Gasteiger partial charge in [0.1, 0.15) is 18.0 Å². The van der Waals surface area contributed by atoms with Gasteiger partial charge >= 0.3 is 0 Å². The molecule has 0 spiro atoms. The normalized spacial score (nSPS) is 16.8. The van der Waals surface area contributed by atoms with Crippen molar-refractivity contribution in [3.8, 4) is 0 Å². The van der Waals surface area contributed by atoms with Crippen molar-refractivity contribution in [2.45, 2.75) is 46.0 Å². The average Bonchev–Trinajstić information content (AvgIpc) is 3.07. The number of nitrogens with one attached hydrogen (secondary N) is 1. The Labute approximate surface area is 103 Å². The van der Waals surface area contributed by atoms with Gasteiger partial charge in [-0.2, -0.15) is 0 Å². The maximum absolute atomic E-state index is 5.85. The quantitative estimate of drug-likeness (QED) is 0.794. The topological polar surface area (TPSA) is 63.8 Å². The molecule has 0 aromatic carbocycles. The third kappa shape index (κ3) is 2.68. The summed E-state index contributed by atoms with van der Waals surface area (Å²) >= 11 is 0. The Morgan fingerprint density at radius 3 is 2.71 bits per heavy atom. The van der Waals surface area contributed by atoms with Gasteiger partial charge in [-0.1, -0.05) is 20.3 Å². The van der Waals surface area contributed by atoms with Crippen LogP contribution in [0.1, 0.15) is 45.1 Å². The maximum Gasteiger partial charge on any atom is 0.134 e. The first-order chi connectivity index (χ1) is 8.21. The minimum absolute atomic E-state index is 0.527. The molecular weight excluding hydrogens is 212 g/mol. The number of hydrogen-bond donors (Lipinski definition) is 2. The summed E-state index contributed by atoms with van der Waals surface area (Å²) in [5.74, 6) is 1.52. The number of nitrogens with zero attached hydrogens (tertiary/aromatic N) is 2. The van der Waals surface area contributed by atoms with E-state index in [1.54, 1.807) is 0 Å². The molecule has 0 aliphatic heterocycles. The Morgan fingerprint density at radius 1 is 1.35 bits per heavy atom. The number of aromatic nitrogens is 2. The monoisotopic (exact) mass is 234 g/mol. The van der Waals surface area contributed by atoms with E-state index in [0.29, 0.717) is 11.2 Å². The first kappa shape index (κ1) is 12.1. The second-order valence-electron chi connectivity index (χ2n) is 5.04. The van der Waals surface area contributed by atoms with Crippen LogP contribution in [0.4, 0.5) is 11.6 Å². The molecule has 17 heavy (non-hydrogen) atoms. The first-order valence-corrected chi connectivity index (χ1v) is 6.54. The number of nitrogen functional groups attached to an aromatic ring is 1. The van der Waals surface area contributed by atoms with Gasteiger partial charge in [0.2, 0.25) is 0 Å². The number of anilines is 2. The Balaban J connectivity index is 2.02. The highest BCUT2D eigenvalue weighted by Crippen LogP contribution is 2.49. The highest BCUT2D eigenvalue weighted by molar-refractivity contribution is 5.55. The molecule has 1 aromatic heterocycles. The first-order valence-electron chi connectivity index (χ1n) is 6.54. The summed E-state index contributed by atoms with van der Waals surface area (Å²) in [5, 5.41) is 3.46. The molecule has 0 bridgehead atoms. The molecule has 2 rings (SSSR count). The zero-order valence-electron chi connectivity index (χ0n) is 10.8. The summed E-state index contributed by atoms with van der Waals surface area (Å²) < 4.78 is 0.